The van der Waals surface area contributed by atoms with Crippen molar-refractivity contribution in [3.63, 3.8) is 0 Å². The molecule has 0 unspecified atom stereocenters. The number of ether oxygens (including phenoxy) is 1. The molecule has 1 rings (SSSR count). The first-order valence-electron chi connectivity index (χ1n) is 4.77. The lowest BCUT2D eigenvalue weighted by Crippen LogP contribution is -2.14. The van der Waals surface area contributed by atoms with Gasteiger partial charge in [0.05, 0.1) is 5.69 Å². The van der Waals surface area contributed by atoms with Gasteiger partial charge in [-0.1, -0.05) is 0 Å². The van der Waals surface area contributed by atoms with Gasteiger partial charge in [0.1, 0.15) is 0 Å². The van der Waals surface area contributed by atoms with Crippen LogP contribution in [-0.4, -0.2) is 29.4 Å². The summed E-state index contributed by atoms with van der Waals surface area (Å²) in [5.74, 6) is -0.594. The number of nitrogen functional groups attached to an aromatic ring is 1. The minimum Gasteiger partial charge on any atom is -0.396 e. The summed E-state index contributed by atoms with van der Waals surface area (Å²) >= 11 is 0. The lowest BCUT2D eigenvalue weighted by atomic mass is 10.3. The number of amides is 1. The smallest absolute Gasteiger partial charge is 0.271 e. The molecule has 1 aromatic heterocycles. The molecule has 0 saturated heterocycles. The molecular weight excluding hydrogens is 196 g/mol. The second-order valence-corrected chi connectivity index (χ2v) is 3.26. The average molecular weight is 212 g/mol. The first kappa shape index (κ1) is 11.5. The lowest BCUT2D eigenvalue weighted by Gasteiger charge is -2.00. The van der Waals surface area contributed by atoms with E-state index in [1.54, 1.807) is 18.0 Å². The van der Waals surface area contributed by atoms with E-state index in [-0.39, 0.29) is 5.69 Å². The Balaban J connectivity index is 2.48. The Kier molecular flexibility index (Phi) is 4.11. The van der Waals surface area contributed by atoms with Gasteiger partial charge in [0.15, 0.2) is 5.69 Å². The van der Waals surface area contributed by atoms with Crippen molar-refractivity contribution in [1.29, 1.82) is 0 Å². The van der Waals surface area contributed by atoms with Crippen LogP contribution in [0.5, 0.6) is 0 Å². The second-order valence-electron chi connectivity index (χ2n) is 3.26. The van der Waals surface area contributed by atoms with Gasteiger partial charge in [-0.3, -0.25) is 9.48 Å². The van der Waals surface area contributed by atoms with Crippen LogP contribution in [0.25, 0.3) is 0 Å². The average Bonchev–Trinajstić information content (AvgIpc) is 2.55. The zero-order valence-electron chi connectivity index (χ0n) is 8.77. The molecule has 0 atom stereocenters. The maximum absolute atomic E-state index is 10.9. The zero-order chi connectivity index (χ0) is 11.3. The predicted molar refractivity (Wildman–Crippen MR) is 56.3 cm³/mol. The van der Waals surface area contributed by atoms with Gasteiger partial charge in [0, 0.05) is 26.5 Å². The summed E-state index contributed by atoms with van der Waals surface area (Å²) in [6.07, 6.45) is 3.49. The molecule has 1 amide bonds. The summed E-state index contributed by atoms with van der Waals surface area (Å²) in [5.41, 5.74) is 11.1. The van der Waals surface area contributed by atoms with Crippen LogP contribution >= 0.6 is 0 Å². The van der Waals surface area contributed by atoms with E-state index < -0.39 is 5.91 Å². The highest BCUT2D eigenvalue weighted by atomic mass is 16.5. The number of unbranched alkanes of at least 4 members (excludes halogenated alkanes) is 1. The van der Waals surface area contributed by atoms with Crippen LogP contribution in [0.1, 0.15) is 23.3 Å². The number of aromatic nitrogens is 2. The van der Waals surface area contributed by atoms with Crippen molar-refractivity contribution in [1.82, 2.24) is 9.78 Å². The molecule has 1 heterocycles. The van der Waals surface area contributed by atoms with Crippen molar-refractivity contribution in [3.8, 4) is 0 Å². The van der Waals surface area contributed by atoms with Crippen LogP contribution in [0.3, 0.4) is 0 Å². The van der Waals surface area contributed by atoms with E-state index in [0.29, 0.717) is 12.2 Å². The summed E-state index contributed by atoms with van der Waals surface area (Å²) < 4.78 is 6.55. The molecular formula is C9H16N4O2. The number of anilines is 1. The predicted octanol–water partition coefficient (Wildman–Crippen LogP) is -0.00920. The van der Waals surface area contributed by atoms with Gasteiger partial charge in [-0.2, -0.15) is 5.10 Å². The zero-order valence-corrected chi connectivity index (χ0v) is 8.77. The van der Waals surface area contributed by atoms with Crippen molar-refractivity contribution in [3.05, 3.63) is 11.9 Å². The number of carbonyl (C=O) groups is 1. The number of hydrogen-bond donors (Lipinski definition) is 2. The number of primary amides is 1. The maximum Gasteiger partial charge on any atom is 0.271 e. The lowest BCUT2D eigenvalue weighted by molar-refractivity contribution is 0.0995. The number of nitrogens with zero attached hydrogens (tertiary/aromatic N) is 2. The molecule has 0 bridgehead atoms. The number of rotatable bonds is 6. The van der Waals surface area contributed by atoms with E-state index in [2.05, 4.69) is 5.10 Å². The highest BCUT2D eigenvalue weighted by Crippen LogP contribution is 2.08. The third-order valence-electron chi connectivity index (χ3n) is 2.01. The molecule has 0 fully saturated rings. The molecule has 15 heavy (non-hydrogen) atoms. The summed E-state index contributed by atoms with van der Waals surface area (Å²) in [4.78, 5) is 10.9. The molecule has 1 aromatic rings. The van der Waals surface area contributed by atoms with Gasteiger partial charge >= 0.3 is 0 Å². The van der Waals surface area contributed by atoms with E-state index in [0.717, 1.165) is 19.4 Å². The van der Waals surface area contributed by atoms with Gasteiger partial charge in [0.2, 0.25) is 0 Å². The standard InChI is InChI=1S/C9H16N4O2/c1-15-5-3-2-4-13-6-7(10)8(12-13)9(11)14/h6H,2-5,10H2,1H3,(H2,11,14). The number of aryl methyl sites for hydroxylation is 1. The summed E-state index contributed by atoms with van der Waals surface area (Å²) in [7, 11) is 1.66. The quantitative estimate of drug-likeness (QED) is 0.648. The highest BCUT2D eigenvalue weighted by molar-refractivity contribution is 5.95. The molecule has 84 valence electrons. The third-order valence-corrected chi connectivity index (χ3v) is 2.01. The van der Waals surface area contributed by atoms with Crippen molar-refractivity contribution in [2.24, 2.45) is 5.73 Å². The Labute approximate surface area is 88.2 Å². The molecule has 0 aliphatic rings. The molecule has 0 radical (unpaired) electrons. The Morgan fingerprint density at radius 2 is 2.33 bits per heavy atom. The van der Waals surface area contributed by atoms with Crippen molar-refractivity contribution >= 4 is 11.6 Å². The first-order valence-corrected chi connectivity index (χ1v) is 4.77. The summed E-state index contributed by atoms with van der Waals surface area (Å²) in [5, 5.41) is 3.98. The van der Waals surface area contributed by atoms with Crippen molar-refractivity contribution in [2.75, 3.05) is 19.5 Å². The van der Waals surface area contributed by atoms with Gasteiger partial charge < -0.3 is 16.2 Å². The molecule has 0 spiro atoms. The van der Waals surface area contributed by atoms with Gasteiger partial charge in [-0.25, -0.2) is 0 Å². The van der Waals surface area contributed by atoms with Crippen LogP contribution in [0, 0.1) is 0 Å². The first-order chi connectivity index (χ1) is 7.15. The minimum absolute atomic E-state index is 0.141. The number of nitrogens with two attached hydrogens (primary N) is 2. The fraction of sp³-hybridized carbons (Fsp3) is 0.556. The van der Waals surface area contributed by atoms with Gasteiger partial charge in [0.25, 0.3) is 5.91 Å². The number of carbonyl (C=O) groups excluding carboxylic acids is 1. The fourth-order valence-electron chi connectivity index (χ4n) is 1.26. The summed E-state index contributed by atoms with van der Waals surface area (Å²) in [6, 6.07) is 0. The molecule has 0 aliphatic heterocycles. The van der Waals surface area contributed by atoms with E-state index in [1.165, 1.54) is 0 Å². The Morgan fingerprint density at radius 3 is 2.87 bits per heavy atom. The van der Waals surface area contributed by atoms with Gasteiger partial charge in [-0.15, -0.1) is 0 Å². The molecule has 6 nitrogen and oxygen atoms in total. The molecule has 0 aliphatic carbocycles. The van der Waals surface area contributed by atoms with Crippen LogP contribution < -0.4 is 11.5 Å². The Hall–Kier alpha value is -1.56. The van der Waals surface area contributed by atoms with E-state index >= 15 is 0 Å². The SMILES string of the molecule is COCCCCn1cc(N)c(C(N)=O)n1. The normalized spacial score (nSPS) is 10.5. The van der Waals surface area contributed by atoms with Gasteiger partial charge in [-0.05, 0) is 12.8 Å². The number of hydrogen-bond acceptors (Lipinski definition) is 4. The Bertz CT molecular complexity index is 335. The van der Waals surface area contributed by atoms with Crippen LogP contribution in [0.15, 0.2) is 6.20 Å². The Morgan fingerprint density at radius 1 is 1.60 bits per heavy atom. The second kappa shape index (κ2) is 5.35. The fourth-order valence-corrected chi connectivity index (χ4v) is 1.26. The molecule has 0 aromatic carbocycles. The maximum atomic E-state index is 10.9. The highest BCUT2D eigenvalue weighted by Gasteiger charge is 2.10. The molecule has 0 saturated carbocycles. The van der Waals surface area contributed by atoms with Crippen molar-refractivity contribution < 1.29 is 9.53 Å². The molecule has 6 heteroatoms. The number of methoxy groups -OCH3 is 1. The van der Waals surface area contributed by atoms with Crippen molar-refractivity contribution in [2.45, 2.75) is 19.4 Å². The van der Waals surface area contributed by atoms with Crippen LogP contribution in [0.2, 0.25) is 0 Å². The molecule has 4 N–H and O–H groups in total. The van der Waals surface area contributed by atoms with Crippen LogP contribution in [0.4, 0.5) is 5.69 Å². The minimum atomic E-state index is -0.594. The third kappa shape index (κ3) is 3.25. The van der Waals surface area contributed by atoms with E-state index in [4.69, 9.17) is 16.2 Å². The topological polar surface area (TPSA) is 96.2 Å². The van der Waals surface area contributed by atoms with E-state index in [1.807, 2.05) is 0 Å². The largest absolute Gasteiger partial charge is 0.396 e. The van der Waals surface area contributed by atoms with Crippen LogP contribution in [-0.2, 0) is 11.3 Å². The monoisotopic (exact) mass is 212 g/mol. The van der Waals surface area contributed by atoms with E-state index in [9.17, 15) is 4.79 Å². The summed E-state index contributed by atoms with van der Waals surface area (Å²) in [6.45, 7) is 1.43.